The Bertz CT molecular complexity index is 492. The van der Waals surface area contributed by atoms with E-state index in [0.29, 0.717) is 12.5 Å². The first kappa shape index (κ1) is 16.0. The number of aromatic nitrogens is 2. The smallest absolute Gasteiger partial charge is 0.136 e. The maximum Gasteiger partial charge on any atom is 0.136 e. The fraction of sp³-hybridized carbons (Fsp3) is 0.750. The first-order valence-corrected chi connectivity index (χ1v) is 7.78. The Kier molecular flexibility index (Phi) is 4.71. The molecule has 1 aromatic heterocycles. The van der Waals surface area contributed by atoms with Crippen molar-refractivity contribution in [2.75, 3.05) is 24.2 Å². The molecule has 1 atom stereocenters. The third-order valence-corrected chi connectivity index (χ3v) is 3.70. The predicted molar refractivity (Wildman–Crippen MR) is 86.9 cm³/mol. The van der Waals surface area contributed by atoms with Gasteiger partial charge in [-0.1, -0.05) is 20.8 Å². The van der Waals surface area contributed by atoms with Gasteiger partial charge in [-0.05, 0) is 31.6 Å². The Morgan fingerprint density at radius 3 is 2.38 bits per heavy atom. The summed E-state index contributed by atoms with van der Waals surface area (Å²) in [5, 5.41) is 16.6. The summed E-state index contributed by atoms with van der Waals surface area (Å²) in [5.41, 5.74) is 1.13. The van der Waals surface area contributed by atoms with Crippen LogP contribution in [0.5, 0.6) is 0 Å². The zero-order chi connectivity index (χ0) is 15.6. The van der Waals surface area contributed by atoms with Gasteiger partial charge < -0.3 is 15.7 Å². The molecule has 1 heterocycles. The first-order chi connectivity index (χ1) is 9.80. The minimum atomic E-state index is -0.373. The van der Waals surface area contributed by atoms with Gasteiger partial charge in [-0.3, -0.25) is 0 Å². The van der Waals surface area contributed by atoms with Gasteiger partial charge in [-0.15, -0.1) is 0 Å². The van der Waals surface area contributed by atoms with E-state index in [0.717, 1.165) is 29.4 Å². The molecular formula is C16H28N4O. The molecule has 1 aromatic rings. The van der Waals surface area contributed by atoms with Crippen LogP contribution < -0.4 is 10.6 Å². The van der Waals surface area contributed by atoms with Gasteiger partial charge in [0.2, 0.25) is 0 Å². The molecule has 3 N–H and O–H groups in total. The summed E-state index contributed by atoms with van der Waals surface area (Å²) < 4.78 is 0. The van der Waals surface area contributed by atoms with Gasteiger partial charge in [0, 0.05) is 25.1 Å². The molecule has 0 radical (unpaired) electrons. The highest BCUT2D eigenvalue weighted by molar-refractivity contribution is 5.57. The van der Waals surface area contributed by atoms with Crippen LogP contribution in [-0.2, 0) is 0 Å². The van der Waals surface area contributed by atoms with Crippen LogP contribution in [0.2, 0.25) is 0 Å². The Balaban J connectivity index is 2.06. The molecule has 118 valence electrons. The zero-order valence-corrected chi connectivity index (χ0v) is 13.8. The third kappa shape index (κ3) is 4.56. The fourth-order valence-corrected chi connectivity index (χ4v) is 2.47. The molecule has 2 rings (SSSR count). The monoisotopic (exact) mass is 292 g/mol. The number of anilines is 2. The quantitative estimate of drug-likeness (QED) is 0.752. The fourth-order valence-electron chi connectivity index (χ4n) is 2.47. The van der Waals surface area contributed by atoms with Crippen LogP contribution in [0, 0.1) is 12.3 Å². The van der Waals surface area contributed by atoms with Crippen LogP contribution in [0.15, 0.2) is 0 Å². The lowest BCUT2D eigenvalue weighted by Crippen LogP contribution is -2.26. The van der Waals surface area contributed by atoms with E-state index in [1.54, 1.807) is 0 Å². The van der Waals surface area contributed by atoms with Crippen LogP contribution in [0.4, 0.5) is 11.6 Å². The highest BCUT2D eigenvalue weighted by Gasteiger charge is 2.28. The average Bonchev–Trinajstić information content (AvgIpc) is 3.19. The summed E-state index contributed by atoms with van der Waals surface area (Å²) in [4.78, 5) is 9.21. The molecular weight excluding hydrogens is 264 g/mol. The van der Waals surface area contributed by atoms with E-state index in [4.69, 9.17) is 0 Å². The SMILES string of the molecule is CNc1nc(C2CC2)nc(NCC(O)CC(C)(C)C)c1C. The lowest BCUT2D eigenvalue weighted by molar-refractivity contribution is 0.132. The molecule has 1 aliphatic carbocycles. The molecule has 5 heteroatoms. The largest absolute Gasteiger partial charge is 0.391 e. The van der Waals surface area contributed by atoms with Crippen molar-refractivity contribution in [2.24, 2.45) is 5.41 Å². The molecule has 0 amide bonds. The number of aliphatic hydroxyl groups is 1. The predicted octanol–water partition coefficient (Wildman–Crippen LogP) is 2.91. The third-order valence-electron chi connectivity index (χ3n) is 3.70. The molecule has 0 spiro atoms. The molecule has 0 aromatic carbocycles. The highest BCUT2D eigenvalue weighted by Crippen LogP contribution is 2.39. The van der Waals surface area contributed by atoms with Gasteiger partial charge in [-0.2, -0.15) is 0 Å². The van der Waals surface area contributed by atoms with Crippen molar-refractivity contribution in [3.63, 3.8) is 0 Å². The number of rotatable bonds is 6. The van der Waals surface area contributed by atoms with Crippen molar-refractivity contribution in [3.05, 3.63) is 11.4 Å². The number of hydrogen-bond donors (Lipinski definition) is 3. The van der Waals surface area contributed by atoms with Gasteiger partial charge in [-0.25, -0.2) is 9.97 Å². The van der Waals surface area contributed by atoms with Gasteiger partial charge in [0.1, 0.15) is 17.5 Å². The van der Waals surface area contributed by atoms with Crippen LogP contribution in [0.3, 0.4) is 0 Å². The summed E-state index contributed by atoms with van der Waals surface area (Å²) in [6.07, 6.45) is 2.75. The second kappa shape index (κ2) is 6.18. The van der Waals surface area contributed by atoms with Gasteiger partial charge >= 0.3 is 0 Å². The summed E-state index contributed by atoms with van der Waals surface area (Å²) in [6, 6.07) is 0. The standard InChI is InChI=1S/C16H28N4O/c1-10-13(17-5)19-15(11-6-7-11)20-14(10)18-9-12(21)8-16(2,3)4/h11-12,21H,6-9H2,1-5H3,(H2,17,18,19,20). The van der Waals surface area contributed by atoms with Crippen molar-refractivity contribution in [2.45, 2.75) is 59.0 Å². The second-order valence-corrected chi connectivity index (χ2v) is 7.23. The summed E-state index contributed by atoms with van der Waals surface area (Å²) >= 11 is 0. The Morgan fingerprint density at radius 2 is 1.86 bits per heavy atom. The lowest BCUT2D eigenvalue weighted by Gasteiger charge is -2.23. The van der Waals surface area contributed by atoms with Crippen molar-refractivity contribution in [1.82, 2.24) is 9.97 Å². The Labute approximate surface area is 127 Å². The zero-order valence-electron chi connectivity index (χ0n) is 13.8. The lowest BCUT2D eigenvalue weighted by atomic mass is 9.89. The summed E-state index contributed by atoms with van der Waals surface area (Å²) in [5.74, 6) is 3.14. The normalized spacial score (nSPS) is 16.7. The average molecular weight is 292 g/mol. The van der Waals surface area contributed by atoms with E-state index >= 15 is 0 Å². The van der Waals surface area contributed by atoms with Gasteiger partial charge in [0.25, 0.3) is 0 Å². The van der Waals surface area contributed by atoms with E-state index in [-0.39, 0.29) is 11.5 Å². The van der Waals surface area contributed by atoms with Crippen LogP contribution >= 0.6 is 0 Å². The van der Waals surface area contributed by atoms with Crippen molar-refractivity contribution in [1.29, 1.82) is 0 Å². The molecule has 1 aliphatic rings. The summed E-state index contributed by atoms with van der Waals surface area (Å²) in [6.45, 7) is 8.92. The van der Waals surface area contributed by atoms with E-state index < -0.39 is 0 Å². The maximum atomic E-state index is 10.1. The minimum Gasteiger partial charge on any atom is -0.391 e. The van der Waals surface area contributed by atoms with Crippen molar-refractivity contribution < 1.29 is 5.11 Å². The van der Waals surface area contributed by atoms with E-state index in [1.807, 2.05) is 14.0 Å². The molecule has 1 fully saturated rings. The maximum absolute atomic E-state index is 10.1. The van der Waals surface area contributed by atoms with Gasteiger partial charge in [0.05, 0.1) is 6.10 Å². The van der Waals surface area contributed by atoms with Crippen LogP contribution in [0.1, 0.15) is 57.3 Å². The molecule has 21 heavy (non-hydrogen) atoms. The Hall–Kier alpha value is -1.36. The summed E-state index contributed by atoms with van der Waals surface area (Å²) in [7, 11) is 1.88. The van der Waals surface area contributed by atoms with Crippen molar-refractivity contribution >= 4 is 11.6 Å². The second-order valence-electron chi connectivity index (χ2n) is 7.23. The van der Waals surface area contributed by atoms with Crippen LogP contribution in [0.25, 0.3) is 0 Å². The van der Waals surface area contributed by atoms with E-state index in [2.05, 4.69) is 41.4 Å². The molecule has 0 bridgehead atoms. The number of aliphatic hydroxyl groups excluding tert-OH is 1. The molecule has 0 saturated heterocycles. The van der Waals surface area contributed by atoms with Crippen LogP contribution in [-0.4, -0.2) is 34.8 Å². The van der Waals surface area contributed by atoms with Crippen molar-refractivity contribution in [3.8, 4) is 0 Å². The molecule has 0 aliphatic heterocycles. The molecule has 1 saturated carbocycles. The molecule has 5 nitrogen and oxygen atoms in total. The topological polar surface area (TPSA) is 70.1 Å². The Morgan fingerprint density at radius 1 is 1.24 bits per heavy atom. The number of hydrogen-bond acceptors (Lipinski definition) is 5. The first-order valence-electron chi connectivity index (χ1n) is 7.78. The molecule has 1 unspecified atom stereocenters. The number of nitrogens with zero attached hydrogens (tertiary/aromatic N) is 2. The highest BCUT2D eigenvalue weighted by atomic mass is 16.3. The number of nitrogens with one attached hydrogen (secondary N) is 2. The van der Waals surface area contributed by atoms with E-state index in [1.165, 1.54) is 12.8 Å². The van der Waals surface area contributed by atoms with E-state index in [9.17, 15) is 5.11 Å². The minimum absolute atomic E-state index is 0.122. The van der Waals surface area contributed by atoms with Gasteiger partial charge in [0.15, 0.2) is 0 Å².